The van der Waals surface area contributed by atoms with Crippen LogP contribution in [-0.4, -0.2) is 0 Å². The molecular weight excluding hydrogens is 156 g/mol. The lowest BCUT2D eigenvalue weighted by atomic mass is 9.89. The minimum absolute atomic E-state index is 0.875. The fourth-order valence-corrected chi connectivity index (χ4v) is 1.89. The normalized spacial score (nSPS) is 20.4. The summed E-state index contributed by atoms with van der Waals surface area (Å²) in [7, 11) is 0. The second kappa shape index (κ2) is 6.94. The molecule has 1 saturated carbocycles. The van der Waals surface area contributed by atoms with E-state index >= 15 is 0 Å². The molecule has 0 atom stereocenters. The smallest absolute Gasteiger partial charge is 0.0230 e. The van der Waals surface area contributed by atoms with Gasteiger partial charge in [0.1, 0.15) is 0 Å². The van der Waals surface area contributed by atoms with Crippen LogP contribution in [0, 0.1) is 5.92 Å². The van der Waals surface area contributed by atoms with Crippen LogP contribution in [0.2, 0.25) is 0 Å². The maximum absolute atomic E-state index is 2.39. The molecule has 0 amide bonds. The van der Waals surface area contributed by atoms with Crippen LogP contribution in [0.1, 0.15) is 51.9 Å². The van der Waals surface area contributed by atoms with Crippen LogP contribution in [-0.2, 0) is 0 Å². The average molecular weight is 178 g/mol. The third kappa shape index (κ3) is 4.92. The fourth-order valence-electron chi connectivity index (χ4n) is 1.89. The summed E-state index contributed by atoms with van der Waals surface area (Å²) in [5.41, 5.74) is 0. The third-order valence-electron chi connectivity index (χ3n) is 2.74. The number of hydrogen-bond donors (Lipinski definition) is 0. The molecule has 0 aliphatic heterocycles. The zero-order chi connectivity index (χ0) is 9.36. The van der Waals surface area contributed by atoms with Gasteiger partial charge < -0.3 is 0 Å². The second-order valence-electron chi connectivity index (χ2n) is 4.00. The maximum Gasteiger partial charge on any atom is -0.0230 e. The molecule has 74 valence electrons. The summed E-state index contributed by atoms with van der Waals surface area (Å²) >= 11 is 0. The summed E-state index contributed by atoms with van der Waals surface area (Å²) in [5, 5.41) is 0. The lowest BCUT2D eigenvalue weighted by Crippen LogP contribution is -2.02. The van der Waals surface area contributed by atoms with E-state index in [1.165, 1.54) is 44.9 Å². The Balaban J connectivity index is 2.14. The highest BCUT2D eigenvalue weighted by molar-refractivity contribution is 5.04. The van der Waals surface area contributed by atoms with E-state index in [2.05, 4.69) is 31.2 Å². The van der Waals surface area contributed by atoms with Crippen molar-refractivity contribution >= 4 is 0 Å². The number of allylic oxidation sites excluding steroid dienone is 4. The Hall–Kier alpha value is -0.520. The van der Waals surface area contributed by atoms with Gasteiger partial charge in [-0.25, -0.2) is 0 Å². The van der Waals surface area contributed by atoms with Crippen molar-refractivity contribution in [1.82, 2.24) is 0 Å². The van der Waals surface area contributed by atoms with Crippen molar-refractivity contribution in [2.45, 2.75) is 51.9 Å². The molecule has 0 unspecified atom stereocenters. The Bertz CT molecular complexity index is 159. The Labute approximate surface area is 82.7 Å². The first-order valence-electron chi connectivity index (χ1n) is 5.77. The monoisotopic (exact) mass is 178 g/mol. The molecule has 1 rings (SSSR count). The Morgan fingerprint density at radius 2 is 1.85 bits per heavy atom. The minimum atomic E-state index is 0.875. The summed E-state index contributed by atoms with van der Waals surface area (Å²) in [4.78, 5) is 0. The quantitative estimate of drug-likeness (QED) is 0.557. The zero-order valence-electron chi connectivity index (χ0n) is 8.84. The van der Waals surface area contributed by atoms with Gasteiger partial charge in [-0.15, -0.1) is 0 Å². The summed E-state index contributed by atoms with van der Waals surface area (Å²) in [6, 6.07) is 0. The molecule has 0 aromatic rings. The fraction of sp³-hybridized carbons (Fsp3) is 0.692. The highest BCUT2D eigenvalue weighted by Crippen LogP contribution is 2.24. The lowest BCUT2D eigenvalue weighted by Gasteiger charge is -2.17. The number of hydrogen-bond acceptors (Lipinski definition) is 0. The maximum atomic E-state index is 2.39. The van der Waals surface area contributed by atoms with Crippen LogP contribution in [0.3, 0.4) is 0 Å². The van der Waals surface area contributed by atoms with Crippen LogP contribution in [0.4, 0.5) is 0 Å². The molecule has 1 aliphatic carbocycles. The van der Waals surface area contributed by atoms with Crippen molar-refractivity contribution in [3.05, 3.63) is 24.3 Å². The van der Waals surface area contributed by atoms with Gasteiger partial charge in [0.05, 0.1) is 0 Å². The van der Waals surface area contributed by atoms with E-state index in [0.29, 0.717) is 0 Å². The first-order chi connectivity index (χ1) is 6.43. The molecule has 0 nitrogen and oxygen atoms in total. The van der Waals surface area contributed by atoms with Crippen molar-refractivity contribution in [2.24, 2.45) is 5.92 Å². The van der Waals surface area contributed by atoms with Gasteiger partial charge in [0.2, 0.25) is 0 Å². The van der Waals surface area contributed by atoms with Crippen LogP contribution in [0.5, 0.6) is 0 Å². The SMILES string of the molecule is CCC/C=C/C=C/C1CCCCC1. The van der Waals surface area contributed by atoms with Crippen molar-refractivity contribution in [3.8, 4) is 0 Å². The molecule has 0 spiro atoms. The van der Waals surface area contributed by atoms with Crippen molar-refractivity contribution < 1.29 is 0 Å². The topological polar surface area (TPSA) is 0 Å². The van der Waals surface area contributed by atoms with Gasteiger partial charge in [-0.1, -0.05) is 56.9 Å². The second-order valence-corrected chi connectivity index (χ2v) is 4.00. The first-order valence-corrected chi connectivity index (χ1v) is 5.77. The largest absolute Gasteiger partial charge is 0.0846 e. The van der Waals surface area contributed by atoms with Gasteiger partial charge in [0.15, 0.2) is 0 Å². The van der Waals surface area contributed by atoms with Crippen molar-refractivity contribution in [1.29, 1.82) is 0 Å². The van der Waals surface area contributed by atoms with Gasteiger partial charge >= 0.3 is 0 Å². The first kappa shape index (κ1) is 10.6. The summed E-state index contributed by atoms with van der Waals surface area (Å²) in [6.07, 6.45) is 18.7. The molecule has 1 aliphatic rings. The Morgan fingerprint density at radius 1 is 1.08 bits per heavy atom. The predicted molar refractivity (Wildman–Crippen MR) is 59.8 cm³/mol. The average Bonchev–Trinajstić information content (AvgIpc) is 2.19. The van der Waals surface area contributed by atoms with E-state index in [9.17, 15) is 0 Å². The molecule has 0 aromatic heterocycles. The third-order valence-corrected chi connectivity index (χ3v) is 2.74. The summed E-state index contributed by atoms with van der Waals surface area (Å²) in [5.74, 6) is 0.875. The molecule has 0 N–H and O–H groups in total. The van der Waals surface area contributed by atoms with Crippen LogP contribution in [0.15, 0.2) is 24.3 Å². The molecule has 0 saturated heterocycles. The molecule has 0 heteroatoms. The number of unbranched alkanes of at least 4 members (excludes halogenated alkanes) is 1. The van der Waals surface area contributed by atoms with E-state index in [0.717, 1.165) is 5.92 Å². The highest BCUT2D eigenvalue weighted by Gasteiger charge is 2.08. The Kier molecular flexibility index (Phi) is 5.64. The van der Waals surface area contributed by atoms with Crippen LogP contribution in [0.25, 0.3) is 0 Å². The predicted octanol–water partition coefficient (Wildman–Crippen LogP) is 4.48. The minimum Gasteiger partial charge on any atom is -0.0846 e. The molecular formula is C13H22. The van der Waals surface area contributed by atoms with E-state index in [-0.39, 0.29) is 0 Å². The molecule has 0 radical (unpaired) electrons. The van der Waals surface area contributed by atoms with Gasteiger partial charge in [-0.05, 0) is 25.2 Å². The van der Waals surface area contributed by atoms with Crippen LogP contribution >= 0.6 is 0 Å². The molecule has 1 fully saturated rings. The van der Waals surface area contributed by atoms with Gasteiger partial charge in [0, 0.05) is 0 Å². The number of rotatable bonds is 4. The van der Waals surface area contributed by atoms with Gasteiger partial charge in [0.25, 0.3) is 0 Å². The van der Waals surface area contributed by atoms with Crippen molar-refractivity contribution in [3.63, 3.8) is 0 Å². The van der Waals surface area contributed by atoms with E-state index in [1.54, 1.807) is 0 Å². The highest BCUT2D eigenvalue weighted by atomic mass is 14.1. The van der Waals surface area contributed by atoms with Crippen LogP contribution < -0.4 is 0 Å². The van der Waals surface area contributed by atoms with E-state index in [1.807, 2.05) is 0 Å². The van der Waals surface area contributed by atoms with Crippen molar-refractivity contribution in [2.75, 3.05) is 0 Å². The summed E-state index contributed by atoms with van der Waals surface area (Å²) in [6.45, 7) is 2.22. The van der Waals surface area contributed by atoms with Gasteiger partial charge in [-0.3, -0.25) is 0 Å². The standard InChI is InChI=1S/C13H22/c1-2-3-4-5-7-10-13-11-8-6-9-12-13/h4-5,7,10,13H,2-3,6,8-9,11-12H2,1H3/b5-4+,10-7+. The van der Waals surface area contributed by atoms with E-state index < -0.39 is 0 Å². The Morgan fingerprint density at radius 3 is 2.54 bits per heavy atom. The molecule has 0 aromatic carbocycles. The zero-order valence-corrected chi connectivity index (χ0v) is 8.84. The van der Waals surface area contributed by atoms with Gasteiger partial charge in [-0.2, -0.15) is 0 Å². The van der Waals surface area contributed by atoms with E-state index in [4.69, 9.17) is 0 Å². The molecule has 0 bridgehead atoms. The summed E-state index contributed by atoms with van der Waals surface area (Å²) < 4.78 is 0. The lowest BCUT2D eigenvalue weighted by molar-refractivity contribution is 0.419. The molecule has 13 heavy (non-hydrogen) atoms. The molecule has 0 heterocycles.